The lowest BCUT2D eigenvalue weighted by molar-refractivity contribution is -0.112. The lowest BCUT2D eigenvalue weighted by atomic mass is 10.0. The van der Waals surface area contributed by atoms with Gasteiger partial charge in [-0.3, -0.25) is 4.79 Å². The average Bonchev–Trinajstić information content (AvgIpc) is 3.40. The van der Waals surface area contributed by atoms with Crippen LogP contribution in [0.5, 0.6) is 0 Å². The standard InChI is InChI=1S/C24H16N2O3S/c27-23-22(25-29-24(28)21-13-6-14-30-21)19-11-3-4-12-20(19)26(23)15-17-9-5-8-16-7-1-2-10-18(16)17/h1-14H,15H2. The van der Waals surface area contributed by atoms with E-state index >= 15 is 0 Å². The first-order valence-electron chi connectivity index (χ1n) is 9.43. The molecule has 0 atom stereocenters. The Morgan fingerprint density at radius 2 is 1.73 bits per heavy atom. The van der Waals surface area contributed by atoms with Crippen LogP contribution < -0.4 is 4.90 Å². The fraction of sp³-hybridized carbons (Fsp3) is 0.0417. The number of nitrogens with zero attached hydrogens (tertiary/aromatic N) is 2. The molecule has 0 aliphatic carbocycles. The molecule has 1 aliphatic rings. The number of hydrogen-bond donors (Lipinski definition) is 0. The topological polar surface area (TPSA) is 59.0 Å². The predicted molar refractivity (Wildman–Crippen MR) is 118 cm³/mol. The van der Waals surface area contributed by atoms with Crippen molar-refractivity contribution in [2.24, 2.45) is 5.16 Å². The number of oxime groups is 1. The van der Waals surface area contributed by atoms with Crippen LogP contribution in [-0.2, 0) is 16.2 Å². The zero-order chi connectivity index (χ0) is 20.5. The quantitative estimate of drug-likeness (QED) is 0.350. The number of carbonyl (C=O) groups is 2. The Balaban J connectivity index is 1.49. The fourth-order valence-electron chi connectivity index (χ4n) is 3.63. The molecule has 3 aromatic carbocycles. The number of benzene rings is 3. The van der Waals surface area contributed by atoms with Gasteiger partial charge in [0, 0.05) is 5.56 Å². The van der Waals surface area contributed by atoms with Crippen molar-refractivity contribution in [3.05, 3.63) is 100 Å². The van der Waals surface area contributed by atoms with Gasteiger partial charge in [-0.2, -0.15) is 0 Å². The number of hydrogen-bond acceptors (Lipinski definition) is 5. The lowest BCUT2D eigenvalue weighted by Crippen LogP contribution is -2.30. The first-order valence-corrected chi connectivity index (χ1v) is 10.3. The summed E-state index contributed by atoms with van der Waals surface area (Å²) in [5, 5.41) is 7.94. The molecule has 6 heteroatoms. The van der Waals surface area contributed by atoms with E-state index in [9.17, 15) is 9.59 Å². The highest BCUT2D eigenvalue weighted by atomic mass is 32.1. The van der Waals surface area contributed by atoms with Crippen LogP contribution in [0.2, 0.25) is 0 Å². The van der Waals surface area contributed by atoms with Crippen LogP contribution in [0.4, 0.5) is 5.69 Å². The Kier molecular flexibility index (Phi) is 4.61. The van der Waals surface area contributed by atoms with Gasteiger partial charge in [-0.1, -0.05) is 71.9 Å². The van der Waals surface area contributed by atoms with Crippen LogP contribution in [0.3, 0.4) is 0 Å². The molecular weight excluding hydrogens is 396 g/mol. The van der Waals surface area contributed by atoms with Gasteiger partial charge in [0.15, 0.2) is 5.71 Å². The molecule has 1 aliphatic heterocycles. The number of fused-ring (bicyclic) bond motifs is 2. The van der Waals surface area contributed by atoms with Crippen molar-refractivity contribution in [2.45, 2.75) is 6.54 Å². The predicted octanol–water partition coefficient (Wildman–Crippen LogP) is 5.01. The number of thiophene rings is 1. The van der Waals surface area contributed by atoms with E-state index in [1.54, 1.807) is 22.4 Å². The summed E-state index contributed by atoms with van der Waals surface area (Å²) < 4.78 is 0. The fourth-order valence-corrected chi connectivity index (χ4v) is 4.23. The molecule has 0 saturated carbocycles. The van der Waals surface area contributed by atoms with E-state index in [0.29, 0.717) is 17.0 Å². The first kappa shape index (κ1) is 18.3. The van der Waals surface area contributed by atoms with Crippen molar-refractivity contribution < 1.29 is 14.4 Å². The molecular formula is C24H16N2O3S. The van der Waals surface area contributed by atoms with Crippen LogP contribution in [0.25, 0.3) is 10.8 Å². The van der Waals surface area contributed by atoms with Gasteiger partial charge in [-0.05, 0) is 33.8 Å². The van der Waals surface area contributed by atoms with E-state index < -0.39 is 5.97 Å². The summed E-state index contributed by atoms with van der Waals surface area (Å²) >= 11 is 1.26. The van der Waals surface area contributed by atoms with E-state index in [-0.39, 0.29) is 11.6 Å². The van der Waals surface area contributed by atoms with Gasteiger partial charge < -0.3 is 9.74 Å². The normalized spacial score (nSPS) is 14.3. The monoisotopic (exact) mass is 412 g/mol. The minimum absolute atomic E-state index is 0.135. The van der Waals surface area contributed by atoms with E-state index in [2.05, 4.69) is 23.4 Å². The maximum atomic E-state index is 13.2. The summed E-state index contributed by atoms with van der Waals surface area (Å²) in [5.74, 6) is -0.863. The van der Waals surface area contributed by atoms with E-state index in [1.165, 1.54) is 11.3 Å². The van der Waals surface area contributed by atoms with Crippen LogP contribution in [0.1, 0.15) is 20.8 Å². The molecule has 0 radical (unpaired) electrons. The zero-order valence-electron chi connectivity index (χ0n) is 15.8. The summed E-state index contributed by atoms with van der Waals surface area (Å²) in [7, 11) is 0. The number of carbonyl (C=O) groups excluding carboxylic acids is 2. The second-order valence-electron chi connectivity index (χ2n) is 6.84. The molecule has 4 aromatic rings. The summed E-state index contributed by atoms with van der Waals surface area (Å²) in [6.45, 7) is 0.398. The third-order valence-corrected chi connectivity index (χ3v) is 5.90. The molecule has 146 valence electrons. The maximum absolute atomic E-state index is 13.2. The minimum Gasteiger partial charge on any atom is -0.311 e. The van der Waals surface area contributed by atoms with Crippen molar-refractivity contribution >= 4 is 45.4 Å². The summed E-state index contributed by atoms with van der Waals surface area (Å²) in [5.41, 5.74) is 2.58. The third-order valence-electron chi connectivity index (χ3n) is 5.05. The number of para-hydroxylation sites is 1. The summed E-state index contributed by atoms with van der Waals surface area (Å²) in [4.78, 5) is 32.6. The molecule has 2 heterocycles. The van der Waals surface area contributed by atoms with Gasteiger partial charge in [-0.25, -0.2) is 4.79 Å². The van der Waals surface area contributed by atoms with Gasteiger partial charge in [-0.15, -0.1) is 11.3 Å². The maximum Gasteiger partial charge on any atom is 0.375 e. The second-order valence-corrected chi connectivity index (χ2v) is 7.79. The van der Waals surface area contributed by atoms with Crippen molar-refractivity contribution in [1.29, 1.82) is 0 Å². The Bertz CT molecular complexity index is 1290. The van der Waals surface area contributed by atoms with Crippen molar-refractivity contribution in [1.82, 2.24) is 0 Å². The van der Waals surface area contributed by atoms with Crippen LogP contribution >= 0.6 is 11.3 Å². The molecule has 1 aromatic heterocycles. The van der Waals surface area contributed by atoms with Gasteiger partial charge in [0.2, 0.25) is 0 Å². The SMILES string of the molecule is O=C(ON=C1C(=O)N(Cc2cccc3ccccc23)c2ccccc21)c1cccs1. The van der Waals surface area contributed by atoms with Crippen molar-refractivity contribution in [2.75, 3.05) is 4.90 Å². The Morgan fingerprint density at radius 3 is 2.60 bits per heavy atom. The Morgan fingerprint density at radius 1 is 0.933 bits per heavy atom. The van der Waals surface area contributed by atoms with Crippen LogP contribution in [0.15, 0.2) is 89.4 Å². The van der Waals surface area contributed by atoms with E-state index in [0.717, 1.165) is 22.0 Å². The van der Waals surface area contributed by atoms with Crippen LogP contribution in [0, 0.1) is 0 Å². The average molecular weight is 412 g/mol. The first-order chi connectivity index (χ1) is 14.7. The van der Waals surface area contributed by atoms with Gasteiger partial charge in [0.25, 0.3) is 5.91 Å². The van der Waals surface area contributed by atoms with Crippen molar-refractivity contribution in [3.63, 3.8) is 0 Å². The highest BCUT2D eigenvalue weighted by Crippen LogP contribution is 2.32. The number of rotatable bonds is 4. The third kappa shape index (κ3) is 3.17. The minimum atomic E-state index is -0.574. The smallest absolute Gasteiger partial charge is 0.311 e. The van der Waals surface area contributed by atoms with Gasteiger partial charge in [0.1, 0.15) is 4.88 Å². The van der Waals surface area contributed by atoms with Crippen molar-refractivity contribution in [3.8, 4) is 0 Å². The van der Waals surface area contributed by atoms with Gasteiger partial charge in [0.05, 0.1) is 12.2 Å². The second kappa shape index (κ2) is 7.57. The van der Waals surface area contributed by atoms with Crippen LogP contribution in [-0.4, -0.2) is 17.6 Å². The highest BCUT2D eigenvalue weighted by molar-refractivity contribution is 7.11. The van der Waals surface area contributed by atoms with E-state index in [1.807, 2.05) is 48.5 Å². The molecule has 5 rings (SSSR count). The Hall–Kier alpha value is -3.77. The molecule has 0 unspecified atom stereocenters. The lowest BCUT2D eigenvalue weighted by Gasteiger charge is -2.18. The summed E-state index contributed by atoms with van der Waals surface area (Å²) in [6, 6.07) is 25.0. The molecule has 30 heavy (non-hydrogen) atoms. The largest absolute Gasteiger partial charge is 0.375 e. The molecule has 0 bridgehead atoms. The van der Waals surface area contributed by atoms with E-state index in [4.69, 9.17) is 4.84 Å². The molecule has 0 N–H and O–H groups in total. The Labute approximate surface area is 176 Å². The number of amides is 1. The number of anilines is 1. The molecule has 1 amide bonds. The molecule has 0 fully saturated rings. The zero-order valence-corrected chi connectivity index (χ0v) is 16.6. The highest BCUT2D eigenvalue weighted by Gasteiger charge is 2.35. The molecule has 0 spiro atoms. The molecule has 5 nitrogen and oxygen atoms in total. The molecule has 0 saturated heterocycles. The summed E-state index contributed by atoms with van der Waals surface area (Å²) in [6.07, 6.45) is 0. The van der Waals surface area contributed by atoms with Gasteiger partial charge >= 0.3 is 5.97 Å².